The van der Waals surface area contributed by atoms with Crippen LogP contribution in [0.15, 0.2) is 29.4 Å². The molecule has 0 aliphatic rings. The second kappa shape index (κ2) is 9.43. The van der Waals surface area contributed by atoms with Crippen molar-refractivity contribution in [3.8, 4) is 5.88 Å². The van der Waals surface area contributed by atoms with E-state index < -0.39 is 0 Å². The lowest BCUT2D eigenvalue weighted by Crippen LogP contribution is -2.22. The third kappa shape index (κ3) is 5.75. The predicted octanol–water partition coefficient (Wildman–Crippen LogP) is 2.21. The van der Waals surface area contributed by atoms with Gasteiger partial charge in [0.2, 0.25) is 11.8 Å². The standard InChI is InChI=1S/C17H26N6OS/c1-22(2)10-9-19-15-14(25-5)16(21-17(20-15)23(3)4)24-12-13-7-6-8-18-11-13/h6-8,11H,9-10,12H2,1-5H3,(H,19,20,21). The van der Waals surface area contributed by atoms with E-state index in [9.17, 15) is 0 Å². The predicted molar refractivity (Wildman–Crippen MR) is 104 cm³/mol. The SMILES string of the molecule is CSc1c(NCCN(C)C)nc(N(C)C)nc1OCc1cccnc1. The first-order valence-corrected chi connectivity index (χ1v) is 9.27. The first-order valence-electron chi connectivity index (χ1n) is 8.05. The van der Waals surface area contributed by atoms with E-state index in [2.05, 4.69) is 25.2 Å². The number of ether oxygens (including phenoxy) is 1. The first-order chi connectivity index (χ1) is 12.0. The summed E-state index contributed by atoms with van der Waals surface area (Å²) in [5.41, 5.74) is 1.00. The minimum Gasteiger partial charge on any atom is -0.472 e. The highest BCUT2D eigenvalue weighted by Gasteiger charge is 2.16. The van der Waals surface area contributed by atoms with Crippen LogP contribution in [0.25, 0.3) is 0 Å². The van der Waals surface area contributed by atoms with Gasteiger partial charge in [0, 0.05) is 45.1 Å². The Morgan fingerprint density at radius 3 is 2.60 bits per heavy atom. The molecule has 8 heteroatoms. The summed E-state index contributed by atoms with van der Waals surface area (Å²) >= 11 is 1.58. The maximum absolute atomic E-state index is 5.98. The van der Waals surface area contributed by atoms with Gasteiger partial charge >= 0.3 is 0 Å². The molecular weight excluding hydrogens is 336 g/mol. The molecule has 25 heavy (non-hydrogen) atoms. The molecule has 0 aliphatic heterocycles. The van der Waals surface area contributed by atoms with Crippen LogP contribution >= 0.6 is 11.8 Å². The lowest BCUT2D eigenvalue weighted by molar-refractivity contribution is 0.285. The second-order valence-electron chi connectivity index (χ2n) is 5.99. The van der Waals surface area contributed by atoms with E-state index in [-0.39, 0.29) is 0 Å². The number of aromatic nitrogens is 3. The maximum atomic E-state index is 5.98. The zero-order valence-corrected chi connectivity index (χ0v) is 16.3. The van der Waals surface area contributed by atoms with Crippen molar-refractivity contribution in [1.82, 2.24) is 19.9 Å². The van der Waals surface area contributed by atoms with Crippen LogP contribution in [0.1, 0.15) is 5.56 Å². The van der Waals surface area contributed by atoms with Crippen molar-refractivity contribution < 1.29 is 4.74 Å². The van der Waals surface area contributed by atoms with Gasteiger partial charge in [-0.3, -0.25) is 4.98 Å². The fraction of sp³-hybridized carbons (Fsp3) is 0.471. The molecular formula is C17H26N6OS. The Morgan fingerprint density at radius 1 is 1.20 bits per heavy atom. The average Bonchev–Trinajstić information content (AvgIpc) is 2.60. The van der Waals surface area contributed by atoms with Crippen molar-refractivity contribution in [3.05, 3.63) is 30.1 Å². The highest BCUT2D eigenvalue weighted by atomic mass is 32.2. The highest BCUT2D eigenvalue weighted by Crippen LogP contribution is 2.34. The van der Waals surface area contributed by atoms with E-state index in [0.717, 1.165) is 29.4 Å². The number of likely N-dealkylation sites (N-methyl/N-ethyl adjacent to an activating group) is 1. The number of thioether (sulfide) groups is 1. The van der Waals surface area contributed by atoms with Gasteiger partial charge in [-0.15, -0.1) is 11.8 Å². The molecule has 0 bridgehead atoms. The normalized spacial score (nSPS) is 10.8. The third-order valence-corrected chi connectivity index (χ3v) is 4.15. The Morgan fingerprint density at radius 2 is 2.00 bits per heavy atom. The third-order valence-electron chi connectivity index (χ3n) is 3.38. The van der Waals surface area contributed by atoms with E-state index in [1.807, 2.05) is 51.5 Å². The van der Waals surface area contributed by atoms with Gasteiger partial charge in [-0.05, 0) is 26.4 Å². The lowest BCUT2D eigenvalue weighted by atomic mass is 10.3. The van der Waals surface area contributed by atoms with E-state index >= 15 is 0 Å². The average molecular weight is 363 g/mol. The van der Waals surface area contributed by atoms with Gasteiger partial charge < -0.3 is 19.9 Å². The Labute approximate surface area is 153 Å². The number of pyridine rings is 1. The molecule has 0 saturated heterocycles. The summed E-state index contributed by atoms with van der Waals surface area (Å²) in [5, 5.41) is 3.40. The topological polar surface area (TPSA) is 66.4 Å². The molecule has 0 fully saturated rings. The quantitative estimate of drug-likeness (QED) is 0.681. The van der Waals surface area contributed by atoms with Crippen LogP contribution in [0, 0.1) is 0 Å². The summed E-state index contributed by atoms with van der Waals surface area (Å²) in [7, 11) is 7.93. The number of hydrogen-bond acceptors (Lipinski definition) is 8. The van der Waals surface area contributed by atoms with E-state index in [1.165, 1.54) is 0 Å². The van der Waals surface area contributed by atoms with Crippen LogP contribution < -0.4 is 15.0 Å². The second-order valence-corrected chi connectivity index (χ2v) is 6.80. The van der Waals surface area contributed by atoms with Gasteiger partial charge in [0.15, 0.2) is 0 Å². The summed E-state index contributed by atoms with van der Waals surface area (Å²) in [6, 6.07) is 3.88. The van der Waals surface area contributed by atoms with Crippen LogP contribution in [0.3, 0.4) is 0 Å². The molecule has 0 amide bonds. The zero-order valence-electron chi connectivity index (χ0n) is 15.5. The van der Waals surface area contributed by atoms with E-state index in [4.69, 9.17) is 4.74 Å². The minimum absolute atomic E-state index is 0.419. The van der Waals surface area contributed by atoms with Gasteiger partial charge in [0.1, 0.15) is 17.3 Å². The molecule has 0 saturated carbocycles. The van der Waals surface area contributed by atoms with Crippen LogP contribution in [-0.2, 0) is 6.61 Å². The largest absolute Gasteiger partial charge is 0.472 e. The molecule has 2 aromatic heterocycles. The van der Waals surface area contributed by atoms with Crippen molar-refractivity contribution in [2.24, 2.45) is 0 Å². The van der Waals surface area contributed by atoms with Crippen molar-refractivity contribution in [2.75, 3.05) is 57.8 Å². The molecule has 7 nitrogen and oxygen atoms in total. The van der Waals surface area contributed by atoms with E-state index in [0.29, 0.717) is 18.4 Å². The molecule has 0 aromatic carbocycles. The van der Waals surface area contributed by atoms with Crippen molar-refractivity contribution in [3.63, 3.8) is 0 Å². The maximum Gasteiger partial charge on any atom is 0.234 e. The van der Waals surface area contributed by atoms with Gasteiger partial charge in [0.25, 0.3) is 0 Å². The van der Waals surface area contributed by atoms with Gasteiger partial charge in [-0.25, -0.2) is 0 Å². The van der Waals surface area contributed by atoms with Crippen molar-refractivity contribution >= 4 is 23.5 Å². The summed E-state index contributed by atoms with van der Waals surface area (Å²) in [5.74, 6) is 2.00. The van der Waals surface area contributed by atoms with Crippen molar-refractivity contribution in [2.45, 2.75) is 11.5 Å². The number of nitrogens with zero attached hydrogens (tertiary/aromatic N) is 5. The Balaban J connectivity index is 2.24. The van der Waals surface area contributed by atoms with Gasteiger partial charge in [-0.2, -0.15) is 9.97 Å². The first kappa shape index (κ1) is 19.3. The van der Waals surface area contributed by atoms with Crippen LogP contribution in [0.5, 0.6) is 5.88 Å². The van der Waals surface area contributed by atoms with Gasteiger partial charge in [0.05, 0.1) is 0 Å². The number of anilines is 2. The zero-order chi connectivity index (χ0) is 18.2. The van der Waals surface area contributed by atoms with Crippen molar-refractivity contribution in [1.29, 1.82) is 0 Å². The van der Waals surface area contributed by atoms with Crippen LogP contribution in [0.2, 0.25) is 0 Å². The number of rotatable bonds is 9. The van der Waals surface area contributed by atoms with Gasteiger partial charge in [-0.1, -0.05) is 6.07 Å². The molecule has 0 atom stereocenters. The summed E-state index contributed by atoms with van der Waals surface area (Å²) in [4.78, 5) is 18.2. The molecule has 0 spiro atoms. The Hall–Kier alpha value is -2.06. The van der Waals surface area contributed by atoms with E-state index in [1.54, 1.807) is 24.2 Å². The molecule has 0 radical (unpaired) electrons. The Bertz CT molecular complexity index is 666. The molecule has 1 N–H and O–H groups in total. The molecule has 2 rings (SSSR count). The fourth-order valence-corrected chi connectivity index (χ4v) is 2.64. The Kier molecular flexibility index (Phi) is 7.27. The smallest absolute Gasteiger partial charge is 0.234 e. The monoisotopic (exact) mass is 362 g/mol. The molecule has 2 aromatic rings. The molecule has 0 unspecified atom stereocenters. The number of nitrogens with one attached hydrogen (secondary N) is 1. The number of hydrogen-bond donors (Lipinski definition) is 1. The molecule has 136 valence electrons. The highest BCUT2D eigenvalue weighted by molar-refractivity contribution is 7.98. The summed E-state index contributed by atoms with van der Waals surface area (Å²) < 4.78 is 5.98. The molecule has 2 heterocycles. The fourth-order valence-electron chi connectivity index (χ4n) is 2.05. The molecule has 0 aliphatic carbocycles. The lowest BCUT2D eigenvalue weighted by Gasteiger charge is -2.19. The summed E-state index contributed by atoms with van der Waals surface area (Å²) in [6.45, 7) is 2.13. The minimum atomic E-state index is 0.419. The van der Waals surface area contributed by atoms with Crippen LogP contribution in [0.4, 0.5) is 11.8 Å². The van der Waals surface area contributed by atoms with Crippen LogP contribution in [-0.4, -0.2) is 67.4 Å². The summed E-state index contributed by atoms with van der Waals surface area (Å²) in [6.07, 6.45) is 5.55.